The number of sulfonamides is 1. The molecule has 1 saturated heterocycles. The third-order valence-corrected chi connectivity index (χ3v) is 5.49. The van der Waals surface area contributed by atoms with Crippen molar-refractivity contribution < 1.29 is 13.2 Å². The van der Waals surface area contributed by atoms with Crippen LogP contribution in [0.15, 0.2) is 30.3 Å². The number of carbonyl (C=O) groups is 1. The van der Waals surface area contributed by atoms with Gasteiger partial charge in [0.25, 0.3) is 0 Å². The largest absolute Gasteiger partial charge is 0.342 e. The van der Waals surface area contributed by atoms with Crippen molar-refractivity contribution in [1.82, 2.24) is 9.62 Å². The fourth-order valence-corrected chi connectivity index (χ4v) is 4.51. The zero-order chi connectivity index (χ0) is 15.8. The lowest BCUT2D eigenvalue weighted by molar-refractivity contribution is -0.130. The number of nitrogens with one attached hydrogen (secondary N) is 1. The highest BCUT2D eigenvalue weighted by Gasteiger charge is 2.49. The molecule has 120 valence electrons. The number of rotatable bonds is 4. The quantitative estimate of drug-likeness (QED) is 0.904. The van der Waals surface area contributed by atoms with E-state index in [-0.39, 0.29) is 17.4 Å². The van der Waals surface area contributed by atoms with Gasteiger partial charge in [-0.2, -0.15) is 0 Å². The van der Waals surface area contributed by atoms with Crippen LogP contribution in [0.5, 0.6) is 0 Å². The Morgan fingerprint density at radius 2 is 2.00 bits per heavy atom. The Hall–Kier alpha value is -1.40. The first-order chi connectivity index (χ1) is 10.4. The summed E-state index contributed by atoms with van der Waals surface area (Å²) in [5.74, 6) is 0.169. The molecule has 1 N–H and O–H groups in total. The molecule has 6 heteroatoms. The van der Waals surface area contributed by atoms with Crippen LogP contribution in [0.1, 0.15) is 24.8 Å². The van der Waals surface area contributed by atoms with Gasteiger partial charge in [-0.1, -0.05) is 30.3 Å². The first-order valence-corrected chi connectivity index (χ1v) is 9.53. The minimum atomic E-state index is -3.13. The normalized spacial score (nSPS) is 27.9. The summed E-state index contributed by atoms with van der Waals surface area (Å²) < 4.78 is 25.1. The van der Waals surface area contributed by atoms with Crippen molar-refractivity contribution in [2.75, 3.05) is 19.3 Å². The highest BCUT2D eigenvalue weighted by Crippen LogP contribution is 2.48. The Morgan fingerprint density at radius 3 is 2.64 bits per heavy atom. The molecule has 0 radical (unpaired) electrons. The van der Waals surface area contributed by atoms with Gasteiger partial charge < -0.3 is 4.90 Å². The molecule has 1 amide bonds. The molecule has 0 bridgehead atoms. The summed E-state index contributed by atoms with van der Waals surface area (Å²) in [6.07, 6.45) is 4.31. The van der Waals surface area contributed by atoms with Crippen molar-refractivity contribution in [1.29, 1.82) is 0 Å². The summed E-state index contributed by atoms with van der Waals surface area (Å²) in [6.45, 7) is 1.55. The molecule has 2 aliphatic rings. The van der Waals surface area contributed by atoms with Crippen LogP contribution in [0.2, 0.25) is 0 Å². The van der Waals surface area contributed by atoms with E-state index in [2.05, 4.69) is 4.72 Å². The van der Waals surface area contributed by atoms with Crippen molar-refractivity contribution in [3.63, 3.8) is 0 Å². The van der Waals surface area contributed by atoms with Crippen LogP contribution in [0.4, 0.5) is 0 Å². The summed E-state index contributed by atoms with van der Waals surface area (Å²) in [6, 6.07) is 9.82. The Balaban J connectivity index is 1.52. The van der Waals surface area contributed by atoms with E-state index in [4.69, 9.17) is 0 Å². The van der Waals surface area contributed by atoms with Gasteiger partial charge >= 0.3 is 0 Å². The van der Waals surface area contributed by atoms with Gasteiger partial charge in [0.1, 0.15) is 0 Å². The topological polar surface area (TPSA) is 66.5 Å². The third kappa shape index (κ3) is 3.50. The van der Waals surface area contributed by atoms with Crippen LogP contribution >= 0.6 is 0 Å². The first-order valence-electron chi connectivity index (χ1n) is 7.64. The van der Waals surface area contributed by atoms with Gasteiger partial charge in [-0.3, -0.25) is 4.79 Å². The van der Waals surface area contributed by atoms with E-state index in [1.165, 1.54) is 6.26 Å². The predicted molar refractivity (Wildman–Crippen MR) is 84.8 cm³/mol. The van der Waals surface area contributed by atoms with Gasteiger partial charge in [-0.15, -0.1) is 0 Å². The van der Waals surface area contributed by atoms with E-state index in [1.807, 2.05) is 35.2 Å². The average molecular weight is 322 g/mol. The molecule has 1 spiro atoms. The number of benzene rings is 1. The van der Waals surface area contributed by atoms with E-state index in [0.29, 0.717) is 6.42 Å². The highest BCUT2D eigenvalue weighted by molar-refractivity contribution is 7.88. The summed E-state index contributed by atoms with van der Waals surface area (Å²) in [4.78, 5) is 14.3. The molecule has 5 nitrogen and oxygen atoms in total. The van der Waals surface area contributed by atoms with Crippen LogP contribution < -0.4 is 4.72 Å². The monoisotopic (exact) mass is 322 g/mol. The number of amides is 1. The smallest absolute Gasteiger partial charge is 0.227 e. The van der Waals surface area contributed by atoms with Gasteiger partial charge in [-0.05, 0) is 30.2 Å². The lowest BCUT2D eigenvalue weighted by Gasteiger charge is -2.45. The fourth-order valence-electron chi connectivity index (χ4n) is 3.74. The van der Waals surface area contributed by atoms with Crippen LogP contribution in [0.25, 0.3) is 0 Å². The standard InChI is InChI=1S/C16H22N2O3S/c1-22(20,21)17-14-10-16(11-14)7-8-18(12-16)15(19)9-13-5-3-2-4-6-13/h2-6,14,17H,7-12H2,1H3. The Labute approximate surface area is 131 Å². The molecule has 0 atom stereocenters. The molecule has 1 heterocycles. The van der Waals surface area contributed by atoms with Gasteiger partial charge in [0.15, 0.2) is 0 Å². The summed E-state index contributed by atoms with van der Waals surface area (Å²) in [5.41, 5.74) is 1.17. The molecule has 1 aromatic rings. The predicted octanol–water partition coefficient (Wildman–Crippen LogP) is 1.16. The van der Waals surface area contributed by atoms with E-state index < -0.39 is 10.0 Å². The Kier molecular flexibility index (Phi) is 3.99. The molecule has 3 rings (SSSR count). The maximum atomic E-state index is 12.4. The van der Waals surface area contributed by atoms with E-state index in [9.17, 15) is 13.2 Å². The number of likely N-dealkylation sites (tertiary alicyclic amines) is 1. The Morgan fingerprint density at radius 1 is 1.32 bits per heavy atom. The molecule has 1 saturated carbocycles. The molecule has 1 aliphatic carbocycles. The SMILES string of the molecule is CS(=O)(=O)NC1CC2(CCN(C(=O)Cc3ccccc3)C2)C1. The second-order valence-electron chi connectivity index (χ2n) is 6.72. The number of hydrogen-bond acceptors (Lipinski definition) is 3. The molecule has 1 aromatic carbocycles. The lowest BCUT2D eigenvalue weighted by Crippen LogP contribution is -2.51. The minimum absolute atomic E-state index is 0.0409. The maximum absolute atomic E-state index is 12.4. The van der Waals surface area contributed by atoms with Gasteiger partial charge in [0.05, 0.1) is 12.7 Å². The van der Waals surface area contributed by atoms with Crippen LogP contribution in [0, 0.1) is 5.41 Å². The molecule has 2 fully saturated rings. The zero-order valence-corrected chi connectivity index (χ0v) is 13.6. The van der Waals surface area contributed by atoms with Gasteiger partial charge in [0, 0.05) is 19.1 Å². The van der Waals surface area contributed by atoms with Crippen LogP contribution in [0.3, 0.4) is 0 Å². The van der Waals surface area contributed by atoms with Crippen LogP contribution in [-0.4, -0.2) is 44.6 Å². The van der Waals surface area contributed by atoms with Crippen molar-refractivity contribution in [3.8, 4) is 0 Å². The third-order valence-electron chi connectivity index (χ3n) is 4.73. The molecule has 0 unspecified atom stereocenters. The molecule has 22 heavy (non-hydrogen) atoms. The molecular weight excluding hydrogens is 300 g/mol. The van der Waals surface area contributed by atoms with Gasteiger partial charge in [-0.25, -0.2) is 13.1 Å². The minimum Gasteiger partial charge on any atom is -0.342 e. The van der Waals surface area contributed by atoms with E-state index >= 15 is 0 Å². The van der Waals surface area contributed by atoms with Crippen LogP contribution in [-0.2, 0) is 21.2 Å². The van der Waals surface area contributed by atoms with Crippen molar-refractivity contribution in [2.24, 2.45) is 5.41 Å². The second kappa shape index (κ2) is 5.66. The van der Waals surface area contributed by atoms with E-state index in [1.54, 1.807) is 0 Å². The molecular formula is C16H22N2O3S. The summed E-state index contributed by atoms with van der Waals surface area (Å²) in [7, 11) is -3.13. The summed E-state index contributed by atoms with van der Waals surface area (Å²) in [5, 5.41) is 0. The Bertz CT molecular complexity index is 651. The fraction of sp³-hybridized carbons (Fsp3) is 0.562. The van der Waals surface area contributed by atoms with Crippen molar-refractivity contribution in [3.05, 3.63) is 35.9 Å². The first kappa shape index (κ1) is 15.5. The average Bonchev–Trinajstić information content (AvgIpc) is 2.83. The number of hydrogen-bond donors (Lipinski definition) is 1. The summed E-state index contributed by atoms with van der Waals surface area (Å²) >= 11 is 0. The zero-order valence-electron chi connectivity index (χ0n) is 12.8. The molecule has 1 aliphatic heterocycles. The highest BCUT2D eigenvalue weighted by atomic mass is 32.2. The van der Waals surface area contributed by atoms with Gasteiger partial charge in [0.2, 0.25) is 15.9 Å². The maximum Gasteiger partial charge on any atom is 0.227 e. The number of nitrogens with zero attached hydrogens (tertiary/aromatic N) is 1. The lowest BCUT2D eigenvalue weighted by atomic mass is 9.65. The molecule has 0 aromatic heterocycles. The van der Waals surface area contributed by atoms with E-state index in [0.717, 1.165) is 37.9 Å². The second-order valence-corrected chi connectivity index (χ2v) is 8.50. The van der Waals surface area contributed by atoms with Crippen molar-refractivity contribution in [2.45, 2.75) is 31.7 Å². The number of carbonyl (C=O) groups excluding carboxylic acids is 1. The van der Waals surface area contributed by atoms with Crippen molar-refractivity contribution >= 4 is 15.9 Å².